The Labute approximate surface area is 218 Å². The van der Waals surface area contributed by atoms with Crippen molar-refractivity contribution in [2.75, 3.05) is 13.1 Å². The highest BCUT2D eigenvalue weighted by atomic mass is 16.5. The summed E-state index contributed by atoms with van der Waals surface area (Å²) in [6.07, 6.45) is 0.956. The highest BCUT2D eigenvalue weighted by Crippen LogP contribution is 2.20. The van der Waals surface area contributed by atoms with Crippen LogP contribution in [0.4, 0.5) is 0 Å². The van der Waals surface area contributed by atoms with Crippen LogP contribution in [0.25, 0.3) is 10.8 Å². The van der Waals surface area contributed by atoms with Crippen molar-refractivity contribution >= 4 is 34.4 Å². The van der Waals surface area contributed by atoms with E-state index in [1.54, 1.807) is 6.92 Å². The number of aryl methyl sites for hydroxylation is 1. The van der Waals surface area contributed by atoms with Crippen LogP contribution in [0.15, 0.2) is 53.1 Å². The van der Waals surface area contributed by atoms with Gasteiger partial charge in [0.05, 0.1) is 12.6 Å². The zero-order valence-corrected chi connectivity index (χ0v) is 20.8. The Hall–Kier alpha value is -4.72. The predicted octanol–water partition coefficient (Wildman–Crippen LogP) is 1.13. The van der Waals surface area contributed by atoms with E-state index in [1.807, 2.05) is 48.5 Å². The Morgan fingerprint density at radius 1 is 1.18 bits per heavy atom. The second-order valence-electron chi connectivity index (χ2n) is 9.17. The van der Waals surface area contributed by atoms with Crippen molar-refractivity contribution in [3.63, 3.8) is 0 Å². The molecular weight excluding hydrogens is 488 g/mol. The van der Waals surface area contributed by atoms with Crippen LogP contribution >= 0.6 is 0 Å². The minimum Gasteiger partial charge on any atom is -0.361 e. The van der Waals surface area contributed by atoms with E-state index >= 15 is 0 Å². The Balaban J connectivity index is 1.43. The van der Waals surface area contributed by atoms with Gasteiger partial charge in [0.15, 0.2) is 5.69 Å². The Bertz CT molecular complexity index is 1390. The van der Waals surface area contributed by atoms with E-state index < -0.39 is 36.3 Å². The number of hydrogen-bond acceptors (Lipinski definition) is 7. The molecule has 38 heavy (non-hydrogen) atoms. The van der Waals surface area contributed by atoms with Gasteiger partial charge in [-0.05, 0) is 36.1 Å². The second kappa shape index (κ2) is 12.0. The summed E-state index contributed by atoms with van der Waals surface area (Å²) >= 11 is 0. The first-order valence-electron chi connectivity index (χ1n) is 12.3. The summed E-state index contributed by atoms with van der Waals surface area (Å²) in [5.41, 5.74) is 0.868. The maximum atomic E-state index is 13.2. The van der Waals surface area contributed by atoms with Crippen LogP contribution in [0.3, 0.4) is 0 Å². The molecule has 4 amide bonds. The highest BCUT2D eigenvalue weighted by molar-refractivity contribution is 5.97. The summed E-state index contributed by atoms with van der Waals surface area (Å²) < 4.78 is 4.97. The molecule has 0 spiro atoms. The number of aromatic nitrogens is 1. The number of nitrogens with zero attached hydrogens (tertiary/aromatic N) is 2. The summed E-state index contributed by atoms with van der Waals surface area (Å²) in [7, 11) is 0. The summed E-state index contributed by atoms with van der Waals surface area (Å²) in [6, 6.07) is 15.0. The van der Waals surface area contributed by atoms with Crippen molar-refractivity contribution in [3.8, 4) is 6.07 Å². The van der Waals surface area contributed by atoms with Crippen molar-refractivity contribution < 1.29 is 23.7 Å². The molecule has 3 atom stereocenters. The van der Waals surface area contributed by atoms with Crippen molar-refractivity contribution in [1.82, 2.24) is 26.4 Å². The Morgan fingerprint density at radius 2 is 1.97 bits per heavy atom. The van der Waals surface area contributed by atoms with Crippen LogP contribution in [0, 0.1) is 24.2 Å². The van der Waals surface area contributed by atoms with Crippen molar-refractivity contribution in [3.05, 3.63) is 65.5 Å². The molecule has 1 aliphatic heterocycles. The molecule has 1 aliphatic rings. The molecule has 0 saturated carbocycles. The van der Waals surface area contributed by atoms with Crippen LogP contribution in [0.5, 0.6) is 0 Å². The molecule has 0 aliphatic carbocycles. The first-order valence-corrected chi connectivity index (χ1v) is 12.3. The zero-order chi connectivity index (χ0) is 27.1. The quantitative estimate of drug-likeness (QED) is 0.313. The predicted molar refractivity (Wildman–Crippen MR) is 136 cm³/mol. The molecule has 11 heteroatoms. The molecule has 0 bridgehead atoms. The summed E-state index contributed by atoms with van der Waals surface area (Å²) in [4.78, 5) is 50.2. The topological polar surface area (TPSA) is 166 Å². The van der Waals surface area contributed by atoms with E-state index in [0.29, 0.717) is 18.7 Å². The second-order valence-corrected chi connectivity index (χ2v) is 9.17. The zero-order valence-electron chi connectivity index (χ0n) is 20.8. The number of hydrogen-bond donors (Lipinski definition) is 4. The van der Waals surface area contributed by atoms with Gasteiger partial charge < -0.3 is 25.8 Å². The molecule has 1 fully saturated rings. The molecular formula is C27H28N6O5. The van der Waals surface area contributed by atoms with Crippen molar-refractivity contribution in [2.45, 2.75) is 38.3 Å². The van der Waals surface area contributed by atoms with Gasteiger partial charge in [-0.2, -0.15) is 5.26 Å². The largest absolute Gasteiger partial charge is 0.361 e. The fourth-order valence-corrected chi connectivity index (χ4v) is 4.44. The lowest BCUT2D eigenvalue weighted by Gasteiger charge is -2.19. The molecule has 1 aromatic heterocycles. The highest BCUT2D eigenvalue weighted by Gasteiger charge is 2.28. The van der Waals surface area contributed by atoms with Gasteiger partial charge in [-0.1, -0.05) is 47.6 Å². The van der Waals surface area contributed by atoms with E-state index in [-0.39, 0.29) is 30.4 Å². The number of nitriles is 1. The van der Waals surface area contributed by atoms with Crippen LogP contribution in [0.1, 0.15) is 34.7 Å². The minimum absolute atomic E-state index is 0.0313. The number of carbonyl (C=O) groups is 4. The third-order valence-electron chi connectivity index (χ3n) is 6.38. The SMILES string of the molecule is Cc1cc(C(=O)NC(Cc2cccc3ccccc23)C(=O)NCC(=O)NC(C#N)CC2CCNC2=O)no1. The molecule has 0 radical (unpaired) electrons. The molecule has 4 N–H and O–H groups in total. The lowest BCUT2D eigenvalue weighted by atomic mass is 9.98. The van der Waals surface area contributed by atoms with Gasteiger partial charge in [0.25, 0.3) is 5.91 Å². The monoisotopic (exact) mass is 516 g/mol. The number of carbonyl (C=O) groups excluding carboxylic acids is 4. The molecule has 2 heterocycles. The molecule has 2 aromatic carbocycles. The summed E-state index contributed by atoms with van der Waals surface area (Å²) in [6.45, 7) is 1.79. The first kappa shape index (κ1) is 26.3. The van der Waals surface area contributed by atoms with E-state index in [0.717, 1.165) is 16.3 Å². The fraction of sp³-hybridized carbons (Fsp3) is 0.333. The van der Waals surface area contributed by atoms with Gasteiger partial charge in [0, 0.05) is 24.9 Å². The molecule has 3 aromatic rings. The van der Waals surface area contributed by atoms with E-state index in [9.17, 15) is 24.4 Å². The number of benzene rings is 2. The van der Waals surface area contributed by atoms with Gasteiger partial charge in [0.1, 0.15) is 17.8 Å². The molecule has 196 valence electrons. The van der Waals surface area contributed by atoms with Crippen molar-refractivity contribution in [2.24, 2.45) is 5.92 Å². The number of amides is 4. The maximum absolute atomic E-state index is 13.2. The van der Waals surface area contributed by atoms with Crippen molar-refractivity contribution in [1.29, 1.82) is 5.26 Å². The number of fused-ring (bicyclic) bond motifs is 1. The van der Waals surface area contributed by atoms with E-state index in [1.165, 1.54) is 6.07 Å². The number of rotatable bonds is 10. The molecule has 1 saturated heterocycles. The third-order valence-corrected chi connectivity index (χ3v) is 6.38. The summed E-state index contributed by atoms with van der Waals surface area (Å²) in [5.74, 6) is -1.77. The van der Waals surface area contributed by atoms with Gasteiger partial charge in [-0.3, -0.25) is 19.2 Å². The van der Waals surface area contributed by atoms with Gasteiger partial charge >= 0.3 is 0 Å². The molecule has 4 rings (SSSR count). The van der Waals surface area contributed by atoms with E-state index in [4.69, 9.17) is 4.52 Å². The molecule has 3 unspecified atom stereocenters. The Kier molecular flexibility index (Phi) is 8.33. The maximum Gasteiger partial charge on any atom is 0.274 e. The van der Waals surface area contributed by atoms with Crippen LogP contribution in [-0.4, -0.2) is 54.0 Å². The molecule has 11 nitrogen and oxygen atoms in total. The van der Waals surface area contributed by atoms with Crippen LogP contribution in [-0.2, 0) is 20.8 Å². The van der Waals surface area contributed by atoms with Crippen LogP contribution < -0.4 is 21.3 Å². The Morgan fingerprint density at radius 3 is 2.68 bits per heavy atom. The standard InChI is InChI=1S/C27H28N6O5/c1-16-11-23(33-38-16)27(37)32-22(13-18-7-4-6-17-5-2-3-8-21(17)18)26(36)30-15-24(34)31-20(14-28)12-19-9-10-29-25(19)35/h2-8,11,19-20,22H,9-10,12-13,15H2,1H3,(H,29,35)(H,30,36)(H,31,34)(H,32,37). The van der Waals surface area contributed by atoms with Crippen LogP contribution in [0.2, 0.25) is 0 Å². The smallest absolute Gasteiger partial charge is 0.274 e. The average Bonchev–Trinajstić information content (AvgIpc) is 3.54. The number of nitrogens with one attached hydrogen (secondary N) is 4. The van der Waals surface area contributed by atoms with Gasteiger partial charge in [-0.15, -0.1) is 0 Å². The lowest BCUT2D eigenvalue weighted by molar-refractivity contribution is -0.127. The van der Waals surface area contributed by atoms with Gasteiger partial charge in [0.2, 0.25) is 17.7 Å². The van der Waals surface area contributed by atoms with Gasteiger partial charge in [-0.25, -0.2) is 0 Å². The summed E-state index contributed by atoms with van der Waals surface area (Å²) in [5, 5.41) is 25.5. The first-order chi connectivity index (χ1) is 18.3. The minimum atomic E-state index is -1.02. The van der Waals surface area contributed by atoms with E-state index in [2.05, 4.69) is 26.4 Å². The lowest BCUT2D eigenvalue weighted by Crippen LogP contribution is -2.51. The average molecular weight is 517 g/mol. The third kappa shape index (κ3) is 6.53. The fourth-order valence-electron chi connectivity index (χ4n) is 4.44. The normalized spacial score (nSPS) is 16.2.